The predicted molar refractivity (Wildman–Crippen MR) is 60.7 cm³/mol. The van der Waals surface area contributed by atoms with E-state index in [-0.39, 0.29) is 5.82 Å². The largest absolute Gasteiger partial charge is 0.235 e. The Morgan fingerprint density at radius 2 is 2.00 bits per heavy atom. The van der Waals surface area contributed by atoms with Gasteiger partial charge in [0.2, 0.25) is 0 Å². The van der Waals surface area contributed by atoms with Crippen LogP contribution in [0.1, 0.15) is 11.4 Å². The molecule has 0 atom stereocenters. The number of nitrogens with zero attached hydrogens (tertiary/aromatic N) is 2. The summed E-state index contributed by atoms with van der Waals surface area (Å²) in [6, 6.07) is 6.86. The number of hydrogen-bond donors (Lipinski definition) is 0. The molecule has 0 saturated carbocycles. The number of benzene rings is 1. The van der Waals surface area contributed by atoms with Crippen molar-refractivity contribution < 1.29 is 4.39 Å². The van der Waals surface area contributed by atoms with E-state index < -0.39 is 0 Å². The lowest BCUT2D eigenvalue weighted by Gasteiger charge is -2.05. The second-order valence-corrected chi connectivity index (χ2v) is 4.35. The Bertz CT molecular complexity index is 505. The van der Waals surface area contributed by atoms with Crippen LogP contribution in [0.15, 0.2) is 28.7 Å². The maximum absolute atomic E-state index is 13.6. The minimum absolute atomic E-state index is 0.282. The summed E-state index contributed by atoms with van der Waals surface area (Å²) >= 11 is 3.22. The van der Waals surface area contributed by atoms with Gasteiger partial charge in [-0.15, -0.1) is 0 Å². The van der Waals surface area contributed by atoms with Crippen LogP contribution in [0.25, 0.3) is 5.69 Å². The van der Waals surface area contributed by atoms with Gasteiger partial charge in [-0.3, -0.25) is 0 Å². The molecule has 0 unspecified atom stereocenters. The molecule has 15 heavy (non-hydrogen) atoms. The summed E-state index contributed by atoms with van der Waals surface area (Å²) < 4.78 is 16.0. The van der Waals surface area contributed by atoms with Crippen LogP contribution in [-0.2, 0) is 0 Å². The van der Waals surface area contributed by atoms with E-state index in [9.17, 15) is 4.39 Å². The summed E-state index contributed by atoms with van der Waals surface area (Å²) in [5.74, 6) is -0.282. The third-order valence-corrected chi connectivity index (χ3v) is 2.64. The third kappa shape index (κ3) is 1.95. The minimum Gasteiger partial charge on any atom is -0.235 e. The number of hydrogen-bond acceptors (Lipinski definition) is 1. The molecular formula is C11H10BrFN2. The van der Waals surface area contributed by atoms with Gasteiger partial charge < -0.3 is 0 Å². The maximum atomic E-state index is 13.6. The van der Waals surface area contributed by atoms with Gasteiger partial charge in [0.05, 0.1) is 5.69 Å². The molecule has 1 aromatic heterocycles. The van der Waals surface area contributed by atoms with E-state index in [2.05, 4.69) is 21.0 Å². The molecule has 2 aromatic rings. The van der Waals surface area contributed by atoms with Crippen molar-refractivity contribution in [2.45, 2.75) is 13.8 Å². The van der Waals surface area contributed by atoms with Gasteiger partial charge >= 0.3 is 0 Å². The Balaban J connectivity index is 2.59. The Hall–Kier alpha value is -1.16. The third-order valence-electron chi connectivity index (χ3n) is 2.15. The first-order valence-corrected chi connectivity index (χ1v) is 5.36. The van der Waals surface area contributed by atoms with Crippen LogP contribution in [-0.4, -0.2) is 9.78 Å². The SMILES string of the molecule is Cc1cc(C)n(-c2ccc(Br)cc2F)n1. The number of aryl methyl sites for hydroxylation is 2. The Morgan fingerprint density at radius 3 is 2.53 bits per heavy atom. The quantitative estimate of drug-likeness (QED) is 0.775. The van der Waals surface area contributed by atoms with Crippen molar-refractivity contribution in [3.63, 3.8) is 0 Å². The predicted octanol–water partition coefficient (Wildman–Crippen LogP) is 3.39. The van der Waals surface area contributed by atoms with Crippen LogP contribution in [0.5, 0.6) is 0 Å². The highest BCUT2D eigenvalue weighted by Gasteiger charge is 2.08. The summed E-state index contributed by atoms with van der Waals surface area (Å²) in [5, 5.41) is 4.23. The van der Waals surface area contributed by atoms with Gasteiger partial charge in [-0.2, -0.15) is 5.10 Å². The van der Waals surface area contributed by atoms with Crippen molar-refractivity contribution in [2.75, 3.05) is 0 Å². The van der Waals surface area contributed by atoms with Gasteiger partial charge in [0.25, 0.3) is 0 Å². The molecule has 1 heterocycles. The van der Waals surface area contributed by atoms with E-state index in [0.29, 0.717) is 5.69 Å². The second-order valence-electron chi connectivity index (χ2n) is 3.43. The lowest BCUT2D eigenvalue weighted by atomic mass is 10.3. The maximum Gasteiger partial charge on any atom is 0.149 e. The zero-order valence-corrected chi connectivity index (χ0v) is 10.0. The highest BCUT2D eigenvalue weighted by molar-refractivity contribution is 9.10. The minimum atomic E-state index is -0.282. The van der Waals surface area contributed by atoms with E-state index in [0.717, 1.165) is 15.9 Å². The first-order chi connectivity index (χ1) is 7.08. The molecule has 0 bridgehead atoms. The molecule has 0 fully saturated rings. The van der Waals surface area contributed by atoms with Crippen LogP contribution in [0.2, 0.25) is 0 Å². The zero-order valence-electron chi connectivity index (χ0n) is 8.46. The lowest BCUT2D eigenvalue weighted by molar-refractivity contribution is 0.607. The monoisotopic (exact) mass is 268 g/mol. The summed E-state index contributed by atoms with van der Waals surface area (Å²) in [6.07, 6.45) is 0. The van der Waals surface area contributed by atoms with Crippen LogP contribution in [0.4, 0.5) is 4.39 Å². The first kappa shape index (κ1) is 10.4. The highest BCUT2D eigenvalue weighted by atomic mass is 79.9. The van der Waals surface area contributed by atoms with Crippen LogP contribution in [0, 0.1) is 19.7 Å². The van der Waals surface area contributed by atoms with Gasteiger partial charge in [0.15, 0.2) is 0 Å². The molecule has 2 rings (SSSR count). The molecule has 2 nitrogen and oxygen atoms in total. The van der Waals surface area contributed by atoms with Crippen LogP contribution < -0.4 is 0 Å². The Morgan fingerprint density at radius 1 is 1.27 bits per heavy atom. The molecule has 0 aliphatic heterocycles. The standard InChI is InChI=1S/C11H10BrFN2/c1-7-5-8(2)15(14-7)11-4-3-9(12)6-10(11)13/h3-6H,1-2H3. The van der Waals surface area contributed by atoms with Gasteiger partial charge in [-0.1, -0.05) is 15.9 Å². The van der Waals surface area contributed by atoms with E-state index in [1.165, 1.54) is 6.07 Å². The molecular weight excluding hydrogens is 259 g/mol. The average Bonchev–Trinajstić information content (AvgIpc) is 2.45. The lowest BCUT2D eigenvalue weighted by Crippen LogP contribution is -2.01. The molecule has 0 aliphatic rings. The van der Waals surface area contributed by atoms with Crippen LogP contribution >= 0.6 is 15.9 Å². The van der Waals surface area contributed by atoms with Crippen LogP contribution in [0.3, 0.4) is 0 Å². The second kappa shape index (κ2) is 3.77. The van der Waals surface area contributed by atoms with Crippen molar-refractivity contribution in [1.29, 1.82) is 0 Å². The number of rotatable bonds is 1. The van der Waals surface area contributed by atoms with E-state index in [1.807, 2.05) is 19.9 Å². The molecule has 0 radical (unpaired) electrons. The fourth-order valence-corrected chi connectivity index (χ4v) is 1.86. The molecule has 0 saturated heterocycles. The molecule has 0 amide bonds. The van der Waals surface area contributed by atoms with Crippen molar-refractivity contribution in [2.24, 2.45) is 0 Å². The number of halogens is 2. The topological polar surface area (TPSA) is 17.8 Å². The Kier molecular flexibility index (Phi) is 2.61. The summed E-state index contributed by atoms with van der Waals surface area (Å²) in [5.41, 5.74) is 2.28. The summed E-state index contributed by atoms with van der Waals surface area (Å²) in [7, 11) is 0. The fourth-order valence-electron chi connectivity index (χ4n) is 1.53. The van der Waals surface area contributed by atoms with Gasteiger partial charge in [0, 0.05) is 10.2 Å². The average molecular weight is 269 g/mol. The first-order valence-electron chi connectivity index (χ1n) is 4.56. The van der Waals surface area contributed by atoms with E-state index in [1.54, 1.807) is 16.8 Å². The van der Waals surface area contributed by atoms with Crippen molar-refractivity contribution >= 4 is 15.9 Å². The van der Waals surface area contributed by atoms with Crippen molar-refractivity contribution in [3.8, 4) is 5.69 Å². The molecule has 0 spiro atoms. The summed E-state index contributed by atoms with van der Waals surface area (Å²) in [4.78, 5) is 0. The molecule has 0 N–H and O–H groups in total. The molecule has 78 valence electrons. The van der Waals surface area contributed by atoms with Crippen molar-refractivity contribution in [1.82, 2.24) is 9.78 Å². The number of aromatic nitrogens is 2. The fraction of sp³-hybridized carbons (Fsp3) is 0.182. The smallest absolute Gasteiger partial charge is 0.149 e. The van der Waals surface area contributed by atoms with Gasteiger partial charge in [-0.25, -0.2) is 9.07 Å². The Labute approximate surface area is 95.9 Å². The van der Waals surface area contributed by atoms with Crippen molar-refractivity contribution in [3.05, 3.63) is 45.9 Å². The van der Waals surface area contributed by atoms with E-state index >= 15 is 0 Å². The van der Waals surface area contributed by atoms with Gasteiger partial charge in [0.1, 0.15) is 11.5 Å². The zero-order chi connectivity index (χ0) is 11.0. The molecule has 1 aromatic carbocycles. The molecule has 0 aliphatic carbocycles. The van der Waals surface area contributed by atoms with Gasteiger partial charge in [-0.05, 0) is 38.1 Å². The van der Waals surface area contributed by atoms with E-state index in [4.69, 9.17) is 0 Å². The highest BCUT2D eigenvalue weighted by Crippen LogP contribution is 2.19. The summed E-state index contributed by atoms with van der Waals surface area (Å²) in [6.45, 7) is 3.79. The normalized spacial score (nSPS) is 10.7. The molecule has 4 heteroatoms.